The first-order valence-corrected chi connectivity index (χ1v) is 6.66. The Kier molecular flexibility index (Phi) is 2.41. The van der Waals surface area contributed by atoms with Crippen LogP contribution in [0.1, 0.15) is 5.82 Å². The lowest BCUT2D eigenvalue weighted by atomic mass is 10.1. The van der Waals surface area contributed by atoms with E-state index < -0.39 is 0 Å². The van der Waals surface area contributed by atoms with Gasteiger partial charge in [-0.25, -0.2) is 4.98 Å². The lowest BCUT2D eigenvalue weighted by Gasteiger charge is -2.03. The first kappa shape index (κ1) is 11.8. The first-order chi connectivity index (χ1) is 10.2. The van der Waals surface area contributed by atoms with Crippen LogP contribution in [0.4, 0.5) is 0 Å². The fourth-order valence-corrected chi connectivity index (χ4v) is 2.48. The molecule has 2 heterocycles. The number of aromatic amines is 1. The van der Waals surface area contributed by atoms with E-state index in [9.17, 15) is 4.79 Å². The smallest absolute Gasteiger partial charge is 0.274 e. The van der Waals surface area contributed by atoms with Crippen LogP contribution in [0.5, 0.6) is 0 Å². The second-order valence-corrected chi connectivity index (χ2v) is 4.99. The molecule has 0 radical (unpaired) electrons. The number of hydrogen-bond acceptors (Lipinski definition) is 3. The Morgan fingerprint density at radius 1 is 1.00 bits per heavy atom. The van der Waals surface area contributed by atoms with Crippen molar-refractivity contribution in [2.75, 3.05) is 0 Å². The normalized spacial score (nSPS) is 11.3. The number of aromatic nitrogens is 4. The van der Waals surface area contributed by atoms with Gasteiger partial charge in [0.1, 0.15) is 5.82 Å². The molecule has 1 N–H and O–H groups in total. The van der Waals surface area contributed by atoms with Gasteiger partial charge >= 0.3 is 0 Å². The maximum atomic E-state index is 12.1. The van der Waals surface area contributed by atoms with Gasteiger partial charge in [-0.3, -0.25) is 9.89 Å². The van der Waals surface area contributed by atoms with E-state index in [1.165, 1.54) is 10.6 Å². The van der Waals surface area contributed by atoms with Gasteiger partial charge in [-0.15, -0.1) is 0 Å². The summed E-state index contributed by atoms with van der Waals surface area (Å²) in [5.41, 5.74) is 1.38. The molecule has 2 aromatic carbocycles. The molecule has 0 saturated heterocycles. The van der Waals surface area contributed by atoms with Gasteiger partial charge in [0, 0.05) is 11.6 Å². The standard InChI is InChI=1S/C16H12N4O/c1-10-17-16-18-14(9-15(21)20(16)19-10)13-7-6-11-4-2-3-5-12(11)8-13/h2-9H,1H3,(H,17,18,19). The summed E-state index contributed by atoms with van der Waals surface area (Å²) in [6.45, 7) is 1.80. The number of hydrogen-bond donors (Lipinski definition) is 1. The van der Waals surface area contributed by atoms with Gasteiger partial charge in [0.25, 0.3) is 11.3 Å². The average molecular weight is 276 g/mol. The predicted molar refractivity (Wildman–Crippen MR) is 81.3 cm³/mol. The van der Waals surface area contributed by atoms with Gasteiger partial charge in [0.15, 0.2) is 0 Å². The number of benzene rings is 2. The van der Waals surface area contributed by atoms with Crippen LogP contribution in [0.3, 0.4) is 0 Å². The van der Waals surface area contributed by atoms with Crippen LogP contribution < -0.4 is 5.56 Å². The quantitative estimate of drug-likeness (QED) is 0.581. The molecule has 2 aromatic heterocycles. The molecule has 0 aliphatic rings. The summed E-state index contributed by atoms with van der Waals surface area (Å²) in [7, 11) is 0. The Labute approximate surface area is 119 Å². The molecule has 5 heteroatoms. The number of nitrogens with one attached hydrogen (secondary N) is 1. The largest absolute Gasteiger partial charge is 0.275 e. The third kappa shape index (κ3) is 1.90. The number of fused-ring (bicyclic) bond motifs is 2. The van der Waals surface area contributed by atoms with Crippen LogP contribution in [-0.2, 0) is 0 Å². The number of nitrogens with zero attached hydrogens (tertiary/aromatic N) is 3. The minimum absolute atomic E-state index is 0.163. The van der Waals surface area contributed by atoms with Crippen LogP contribution in [0.15, 0.2) is 53.3 Å². The summed E-state index contributed by atoms with van der Waals surface area (Å²) in [5, 5.41) is 5.15. The van der Waals surface area contributed by atoms with Gasteiger partial charge in [0.2, 0.25) is 0 Å². The highest BCUT2D eigenvalue weighted by Crippen LogP contribution is 2.22. The van der Waals surface area contributed by atoms with E-state index in [0.717, 1.165) is 16.3 Å². The van der Waals surface area contributed by atoms with Crippen molar-refractivity contribution in [2.24, 2.45) is 0 Å². The SMILES string of the molecule is Cc1nc2nc(-c3ccc4ccccc4c3)cc(=O)n2[nH]1. The fourth-order valence-electron chi connectivity index (χ4n) is 2.48. The minimum atomic E-state index is -0.163. The van der Waals surface area contributed by atoms with Crippen molar-refractivity contribution in [1.82, 2.24) is 19.6 Å². The topological polar surface area (TPSA) is 63.1 Å². The summed E-state index contributed by atoms with van der Waals surface area (Å²) in [5.74, 6) is 1.05. The molecular formula is C16H12N4O. The zero-order chi connectivity index (χ0) is 14.4. The Morgan fingerprint density at radius 2 is 1.81 bits per heavy atom. The lowest BCUT2D eigenvalue weighted by molar-refractivity contribution is 0.882. The summed E-state index contributed by atoms with van der Waals surface area (Å²) in [6, 6.07) is 15.7. The highest BCUT2D eigenvalue weighted by atomic mass is 16.1. The Bertz CT molecular complexity index is 1030. The number of rotatable bonds is 1. The highest BCUT2D eigenvalue weighted by Gasteiger charge is 2.08. The molecule has 0 unspecified atom stereocenters. The molecule has 0 spiro atoms. The zero-order valence-electron chi connectivity index (χ0n) is 11.4. The van der Waals surface area contributed by atoms with Gasteiger partial charge < -0.3 is 0 Å². The van der Waals surface area contributed by atoms with Gasteiger partial charge in [-0.05, 0) is 23.8 Å². The van der Waals surface area contributed by atoms with Crippen molar-refractivity contribution in [3.05, 3.63) is 64.7 Å². The van der Waals surface area contributed by atoms with Crippen LogP contribution in [0.2, 0.25) is 0 Å². The molecule has 0 amide bonds. The van der Waals surface area contributed by atoms with Crippen LogP contribution in [0.25, 0.3) is 27.8 Å². The van der Waals surface area contributed by atoms with E-state index in [1.54, 1.807) is 6.92 Å². The van der Waals surface area contributed by atoms with E-state index >= 15 is 0 Å². The van der Waals surface area contributed by atoms with Crippen molar-refractivity contribution in [2.45, 2.75) is 6.92 Å². The zero-order valence-corrected chi connectivity index (χ0v) is 11.4. The molecule has 4 rings (SSSR count). The molecule has 0 aliphatic heterocycles. The highest BCUT2D eigenvalue weighted by molar-refractivity contribution is 5.86. The minimum Gasteiger partial charge on any atom is -0.275 e. The molecule has 0 atom stereocenters. The van der Waals surface area contributed by atoms with E-state index in [0.29, 0.717) is 17.3 Å². The molecule has 0 fully saturated rings. The van der Waals surface area contributed by atoms with Gasteiger partial charge in [-0.1, -0.05) is 36.4 Å². The summed E-state index contributed by atoms with van der Waals surface area (Å²) >= 11 is 0. The monoisotopic (exact) mass is 276 g/mol. The van der Waals surface area contributed by atoms with Gasteiger partial charge in [0.05, 0.1) is 5.69 Å². The van der Waals surface area contributed by atoms with E-state index in [2.05, 4.69) is 21.1 Å². The van der Waals surface area contributed by atoms with E-state index in [1.807, 2.05) is 36.4 Å². The third-order valence-corrected chi connectivity index (χ3v) is 3.49. The molecule has 102 valence electrons. The predicted octanol–water partition coefficient (Wildman–Crippen LogP) is 2.55. The first-order valence-electron chi connectivity index (χ1n) is 6.66. The Balaban J connectivity index is 1.97. The summed E-state index contributed by atoms with van der Waals surface area (Å²) in [4.78, 5) is 20.8. The Morgan fingerprint density at radius 3 is 2.67 bits per heavy atom. The second kappa shape index (κ2) is 4.28. The molecule has 21 heavy (non-hydrogen) atoms. The molecule has 0 saturated carbocycles. The van der Waals surface area contributed by atoms with Crippen molar-refractivity contribution >= 4 is 16.6 Å². The van der Waals surface area contributed by atoms with Gasteiger partial charge in [-0.2, -0.15) is 9.50 Å². The van der Waals surface area contributed by atoms with Crippen molar-refractivity contribution in [3.8, 4) is 11.3 Å². The van der Waals surface area contributed by atoms with E-state index in [-0.39, 0.29) is 5.56 Å². The van der Waals surface area contributed by atoms with Crippen LogP contribution in [-0.4, -0.2) is 19.6 Å². The average Bonchev–Trinajstić information content (AvgIpc) is 2.88. The maximum Gasteiger partial charge on any atom is 0.274 e. The lowest BCUT2D eigenvalue weighted by Crippen LogP contribution is -2.14. The van der Waals surface area contributed by atoms with Crippen molar-refractivity contribution in [3.63, 3.8) is 0 Å². The molecule has 4 aromatic rings. The fraction of sp³-hybridized carbons (Fsp3) is 0.0625. The summed E-state index contributed by atoms with van der Waals surface area (Å²) < 4.78 is 1.35. The van der Waals surface area contributed by atoms with Crippen molar-refractivity contribution in [1.29, 1.82) is 0 Å². The molecule has 5 nitrogen and oxygen atoms in total. The number of H-pyrrole nitrogens is 1. The Hall–Kier alpha value is -2.95. The third-order valence-electron chi connectivity index (χ3n) is 3.49. The number of aryl methyl sites for hydroxylation is 1. The molecule has 0 aliphatic carbocycles. The molecule has 0 bridgehead atoms. The summed E-state index contributed by atoms with van der Waals surface area (Å²) in [6.07, 6.45) is 0. The molecular weight excluding hydrogens is 264 g/mol. The van der Waals surface area contributed by atoms with Crippen LogP contribution >= 0.6 is 0 Å². The van der Waals surface area contributed by atoms with E-state index in [4.69, 9.17) is 0 Å². The van der Waals surface area contributed by atoms with Crippen molar-refractivity contribution < 1.29 is 0 Å². The van der Waals surface area contributed by atoms with Crippen LogP contribution in [0, 0.1) is 6.92 Å². The maximum absolute atomic E-state index is 12.1. The second-order valence-electron chi connectivity index (χ2n) is 4.99.